The van der Waals surface area contributed by atoms with Crippen LogP contribution in [0, 0.1) is 19.7 Å². The van der Waals surface area contributed by atoms with E-state index in [1.165, 1.54) is 16.4 Å². The van der Waals surface area contributed by atoms with E-state index in [0.717, 1.165) is 17.5 Å². The number of halogens is 1. The lowest BCUT2D eigenvalue weighted by molar-refractivity contribution is 0.197. The standard InChI is InChI=1S/C18H22FN3O4S/c1-4-25-17-6-5-15(10-16(17)19)27(23,24)22-8-7-14(11-22)26-18-20-12(2)9-13(3)21-18/h5-6,9-10,14H,4,7-8,11H2,1-3H3/t14-/m0/s1. The van der Waals surface area contributed by atoms with E-state index in [9.17, 15) is 12.8 Å². The van der Waals surface area contributed by atoms with Crippen molar-refractivity contribution in [2.75, 3.05) is 19.7 Å². The number of hydrogen-bond donors (Lipinski definition) is 0. The molecule has 2 heterocycles. The second kappa shape index (κ2) is 7.77. The Labute approximate surface area is 158 Å². The number of hydrogen-bond acceptors (Lipinski definition) is 6. The molecule has 9 heteroatoms. The fourth-order valence-corrected chi connectivity index (χ4v) is 4.47. The number of ether oxygens (including phenoxy) is 2. The lowest BCUT2D eigenvalue weighted by Crippen LogP contribution is -2.31. The Bertz CT molecular complexity index is 916. The minimum absolute atomic E-state index is 0.0334. The van der Waals surface area contributed by atoms with E-state index in [2.05, 4.69) is 9.97 Å². The molecule has 0 aliphatic carbocycles. The topological polar surface area (TPSA) is 81.6 Å². The number of nitrogens with zero attached hydrogens (tertiary/aromatic N) is 3. The molecule has 146 valence electrons. The molecule has 0 spiro atoms. The Morgan fingerprint density at radius 1 is 1.22 bits per heavy atom. The first-order valence-electron chi connectivity index (χ1n) is 8.71. The van der Waals surface area contributed by atoms with Crippen molar-refractivity contribution in [2.45, 2.75) is 38.2 Å². The maximum atomic E-state index is 14.0. The highest BCUT2D eigenvalue weighted by atomic mass is 32.2. The highest BCUT2D eigenvalue weighted by molar-refractivity contribution is 7.89. The smallest absolute Gasteiger partial charge is 0.317 e. The van der Waals surface area contributed by atoms with E-state index >= 15 is 0 Å². The summed E-state index contributed by atoms with van der Waals surface area (Å²) in [5.74, 6) is -0.667. The van der Waals surface area contributed by atoms with E-state index in [1.807, 2.05) is 19.9 Å². The van der Waals surface area contributed by atoms with Gasteiger partial charge in [0, 0.05) is 17.9 Å². The second-order valence-electron chi connectivity index (χ2n) is 6.35. The SMILES string of the molecule is CCOc1ccc(S(=O)(=O)N2CC[C@H](Oc3nc(C)cc(C)n3)C2)cc1F. The summed E-state index contributed by atoms with van der Waals surface area (Å²) in [5.41, 5.74) is 1.56. The van der Waals surface area contributed by atoms with Crippen LogP contribution in [-0.4, -0.2) is 48.5 Å². The lowest BCUT2D eigenvalue weighted by atomic mass is 10.3. The lowest BCUT2D eigenvalue weighted by Gasteiger charge is -2.17. The van der Waals surface area contributed by atoms with Gasteiger partial charge in [-0.25, -0.2) is 22.8 Å². The molecule has 1 aliphatic rings. The molecule has 1 aliphatic heterocycles. The molecular formula is C18H22FN3O4S. The van der Waals surface area contributed by atoms with Crippen molar-refractivity contribution in [3.05, 3.63) is 41.5 Å². The molecule has 0 radical (unpaired) electrons. The van der Waals surface area contributed by atoms with Crippen LogP contribution in [0.1, 0.15) is 24.7 Å². The van der Waals surface area contributed by atoms with Crippen molar-refractivity contribution in [3.63, 3.8) is 0 Å². The van der Waals surface area contributed by atoms with Gasteiger partial charge in [-0.3, -0.25) is 0 Å². The molecule has 0 amide bonds. The molecule has 0 unspecified atom stereocenters. The van der Waals surface area contributed by atoms with Gasteiger partial charge >= 0.3 is 6.01 Å². The van der Waals surface area contributed by atoms with E-state index in [-0.39, 0.29) is 35.8 Å². The fourth-order valence-electron chi connectivity index (χ4n) is 2.97. The molecule has 27 heavy (non-hydrogen) atoms. The van der Waals surface area contributed by atoms with E-state index in [1.54, 1.807) is 6.92 Å². The Morgan fingerprint density at radius 3 is 2.56 bits per heavy atom. The van der Waals surface area contributed by atoms with E-state index in [4.69, 9.17) is 9.47 Å². The molecule has 0 N–H and O–H groups in total. The zero-order valence-corrected chi connectivity index (χ0v) is 16.3. The van der Waals surface area contributed by atoms with Gasteiger partial charge in [-0.1, -0.05) is 0 Å². The Hall–Kier alpha value is -2.26. The van der Waals surface area contributed by atoms with Gasteiger partial charge < -0.3 is 9.47 Å². The maximum Gasteiger partial charge on any atom is 0.317 e. The van der Waals surface area contributed by atoms with Crippen molar-refractivity contribution < 1.29 is 22.3 Å². The molecule has 1 saturated heterocycles. The minimum Gasteiger partial charge on any atom is -0.491 e. The van der Waals surface area contributed by atoms with Crippen molar-refractivity contribution in [2.24, 2.45) is 0 Å². The number of sulfonamides is 1. The van der Waals surface area contributed by atoms with Crippen LogP contribution >= 0.6 is 0 Å². The average molecular weight is 395 g/mol. The van der Waals surface area contributed by atoms with Crippen LogP contribution in [-0.2, 0) is 10.0 Å². The summed E-state index contributed by atoms with van der Waals surface area (Å²) in [7, 11) is -3.82. The van der Waals surface area contributed by atoms with Crippen LogP contribution in [0.5, 0.6) is 11.8 Å². The van der Waals surface area contributed by atoms with Crippen LogP contribution < -0.4 is 9.47 Å². The first kappa shape index (κ1) is 19.5. The van der Waals surface area contributed by atoms with Crippen LogP contribution in [0.2, 0.25) is 0 Å². The quantitative estimate of drug-likeness (QED) is 0.747. The number of rotatable bonds is 6. The molecule has 1 aromatic carbocycles. The van der Waals surface area contributed by atoms with Gasteiger partial charge in [-0.15, -0.1) is 0 Å². The van der Waals surface area contributed by atoms with E-state index < -0.39 is 15.8 Å². The third-order valence-electron chi connectivity index (χ3n) is 4.18. The minimum atomic E-state index is -3.82. The first-order valence-corrected chi connectivity index (χ1v) is 10.1. The Kier molecular flexibility index (Phi) is 5.61. The number of benzene rings is 1. The maximum absolute atomic E-state index is 14.0. The van der Waals surface area contributed by atoms with Crippen molar-refractivity contribution in [1.29, 1.82) is 0 Å². The third kappa shape index (κ3) is 4.36. The number of aryl methyl sites for hydroxylation is 2. The van der Waals surface area contributed by atoms with Crippen molar-refractivity contribution in [3.8, 4) is 11.8 Å². The van der Waals surface area contributed by atoms with Crippen molar-refractivity contribution in [1.82, 2.24) is 14.3 Å². The fraction of sp³-hybridized carbons (Fsp3) is 0.444. The van der Waals surface area contributed by atoms with Crippen molar-refractivity contribution >= 4 is 10.0 Å². The summed E-state index contributed by atoms with van der Waals surface area (Å²) in [6.45, 7) is 6.16. The van der Waals surface area contributed by atoms with Crippen LogP contribution in [0.3, 0.4) is 0 Å². The highest BCUT2D eigenvalue weighted by Crippen LogP contribution is 2.26. The van der Waals surface area contributed by atoms with Gasteiger partial charge in [0.25, 0.3) is 0 Å². The largest absolute Gasteiger partial charge is 0.491 e. The summed E-state index contributed by atoms with van der Waals surface area (Å²) >= 11 is 0. The van der Waals surface area contributed by atoms with Crippen LogP contribution in [0.15, 0.2) is 29.2 Å². The zero-order valence-electron chi connectivity index (χ0n) is 15.5. The highest BCUT2D eigenvalue weighted by Gasteiger charge is 2.34. The summed E-state index contributed by atoms with van der Waals surface area (Å²) in [6.07, 6.45) is 0.156. The molecule has 0 saturated carbocycles. The number of aromatic nitrogens is 2. The first-order chi connectivity index (χ1) is 12.8. The predicted octanol–water partition coefficient (Wildman–Crippen LogP) is 2.47. The molecule has 2 aromatic rings. The zero-order chi connectivity index (χ0) is 19.6. The van der Waals surface area contributed by atoms with E-state index in [0.29, 0.717) is 13.0 Å². The summed E-state index contributed by atoms with van der Waals surface area (Å²) < 4.78 is 51.8. The van der Waals surface area contributed by atoms with Crippen LogP contribution in [0.4, 0.5) is 4.39 Å². The van der Waals surface area contributed by atoms with Gasteiger partial charge in [0.2, 0.25) is 10.0 Å². The van der Waals surface area contributed by atoms with Gasteiger partial charge in [-0.05, 0) is 51.5 Å². The summed E-state index contributed by atoms with van der Waals surface area (Å²) in [4.78, 5) is 8.33. The molecule has 1 atom stereocenters. The molecule has 7 nitrogen and oxygen atoms in total. The normalized spacial score (nSPS) is 17.9. The molecule has 0 bridgehead atoms. The second-order valence-corrected chi connectivity index (χ2v) is 8.29. The summed E-state index contributed by atoms with van der Waals surface area (Å²) in [5, 5.41) is 0. The van der Waals surface area contributed by atoms with Gasteiger partial charge in [0.1, 0.15) is 6.10 Å². The molecular weight excluding hydrogens is 373 g/mol. The van der Waals surface area contributed by atoms with Gasteiger partial charge in [0.15, 0.2) is 11.6 Å². The molecule has 1 fully saturated rings. The molecule has 1 aromatic heterocycles. The average Bonchev–Trinajstić information content (AvgIpc) is 3.05. The van der Waals surface area contributed by atoms with Gasteiger partial charge in [0.05, 0.1) is 18.0 Å². The third-order valence-corrected chi connectivity index (χ3v) is 6.04. The predicted molar refractivity (Wildman–Crippen MR) is 96.9 cm³/mol. The monoisotopic (exact) mass is 395 g/mol. The Morgan fingerprint density at radius 2 is 1.93 bits per heavy atom. The van der Waals surface area contributed by atoms with Gasteiger partial charge in [-0.2, -0.15) is 4.31 Å². The Balaban J connectivity index is 1.72. The van der Waals surface area contributed by atoms with Crippen LogP contribution in [0.25, 0.3) is 0 Å². The molecule has 3 rings (SSSR count). The summed E-state index contributed by atoms with van der Waals surface area (Å²) in [6, 6.07) is 5.74.